The Kier molecular flexibility index (Phi) is 1.98. The average Bonchev–Trinajstić information content (AvgIpc) is 2.42. The lowest BCUT2D eigenvalue weighted by molar-refractivity contribution is -0.216. The van der Waals surface area contributed by atoms with Crippen LogP contribution >= 0.6 is 0 Å². The van der Waals surface area contributed by atoms with Gasteiger partial charge in [-0.2, -0.15) is 0 Å². The smallest absolute Gasteiger partial charge is 0.0658 e. The standard InChI is InChI=1S/C15H26O/c1-10-5-6-12-13(2,3)11-7-8-15(10,12)9-14(11,4)16/h10-12,16H,5-9H2,1-4H3/t10-,11+,12-,14+,15+/m0/s1. The summed E-state index contributed by atoms with van der Waals surface area (Å²) in [6.07, 6.45) is 6.49. The second-order valence-corrected chi connectivity index (χ2v) is 7.71. The van der Waals surface area contributed by atoms with E-state index in [1.54, 1.807) is 0 Å². The van der Waals surface area contributed by atoms with Gasteiger partial charge in [0.15, 0.2) is 0 Å². The van der Waals surface area contributed by atoms with Gasteiger partial charge < -0.3 is 5.11 Å². The predicted octanol–water partition coefficient (Wildman–Crippen LogP) is 3.61. The van der Waals surface area contributed by atoms with Crippen molar-refractivity contribution in [3.63, 3.8) is 0 Å². The average molecular weight is 222 g/mol. The number of hydrogen-bond donors (Lipinski definition) is 1. The Morgan fingerprint density at radius 1 is 1.00 bits per heavy atom. The van der Waals surface area contributed by atoms with Crippen molar-refractivity contribution in [3.8, 4) is 0 Å². The van der Waals surface area contributed by atoms with Gasteiger partial charge in [-0.05, 0) is 67.6 Å². The van der Waals surface area contributed by atoms with Crippen molar-refractivity contribution < 1.29 is 5.11 Å². The van der Waals surface area contributed by atoms with Crippen molar-refractivity contribution in [1.82, 2.24) is 0 Å². The van der Waals surface area contributed by atoms with Crippen molar-refractivity contribution in [2.45, 2.75) is 65.4 Å². The summed E-state index contributed by atoms with van der Waals surface area (Å²) in [5.41, 5.74) is 0.420. The van der Waals surface area contributed by atoms with Crippen LogP contribution in [0.4, 0.5) is 0 Å². The Bertz CT molecular complexity index is 317. The number of rotatable bonds is 0. The van der Waals surface area contributed by atoms with Gasteiger partial charge in [0, 0.05) is 0 Å². The summed E-state index contributed by atoms with van der Waals surface area (Å²) in [4.78, 5) is 0. The zero-order valence-electron chi connectivity index (χ0n) is 11.2. The fraction of sp³-hybridized carbons (Fsp3) is 1.00. The first-order valence-corrected chi connectivity index (χ1v) is 7.03. The molecule has 0 unspecified atom stereocenters. The molecule has 4 aliphatic carbocycles. The van der Waals surface area contributed by atoms with Crippen LogP contribution in [-0.2, 0) is 0 Å². The summed E-state index contributed by atoms with van der Waals surface area (Å²) in [5.74, 6) is 2.22. The molecule has 4 aliphatic rings. The molecule has 4 rings (SSSR count). The van der Waals surface area contributed by atoms with Crippen molar-refractivity contribution in [3.05, 3.63) is 0 Å². The highest BCUT2D eigenvalue weighted by Gasteiger charge is 2.67. The first-order valence-electron chi connectivity index (χ1n) is 7.03. The van der Waals surface area contributed by atoms with Gasteiger partial charge in [0.2, 0.25) is 0 Å². The van der Waals surface area contributed by atoms with Gasteiger partial charge >= 0.3 is 0 Å². The zero-order valence-corrected chi connectivity index (χ0v) is 11.2. The van der Waals surface area contributed by atoms with Crippen LogP contribution in [0.3, 0.4) is 0 Å². The molecule has 4 fully saturated rings. The molecule has 0 heterocycles. The molecule has 4 saturated carbocycles. The van der Waals surface area contributed by atoms with Gasteiger partial charge in [-0.3, -0.25) is 0 Å². The minimum absolute atomic E-state index is 0.352. The number of aliphatic hydroxyl groups is 1. The normalized spacial score (nSPS) is 58.7. The van der Waals surface area contributed by atoms with Gasteiger partial charge in [0.25, 0.3) is 0 Å². The molecule has 0 radical (unpaired) electrons. The Morgan fingerprint density at radius 3 is 2.31 bits per heavy atom. The zero-order chi connectivity index (χ0) is 11.8. The molecular formula is C15H26O. The maximum Gasteiger partial charge on any atom is 0.0658 e. The summed E-state index contributed by atoms with van der Waals surface area (Å²) < 4.78 is 0. The first-order chi connectivity index (χ1) is 7.31. The SMILES string of the molecule is C[C@H]1CC[C@H]2C(C)(C)[C@H]3CC[C@@]12C[C@@]3(C)O. The third kappa shape index (κ3) is 1.06. The monoisotopic (exact) mass is 222 g/mol. The van der Waals surface area contributed by atoms with Crippen LogP contribution in [0.1, 0.15) is 59.8 Å². The summed E-state index contributed by atoms with van der Waals surface area (Å²) in [6, 6.07) is 0. The quantitative estimate of drug-likeness (QED) is 0.664. The van der Waals surface area contributed by atoms with E-state index in [-0.39, 0.29) is 0 Å². The molecule has 92 valence electrons. The van der Waals surface area contributed by atoms with Crippen LogP contribution in [0.15, 0.2) is 0 Å². The van der Waals surface area contributed by atoms with E-state index in [9.17, 15) is 5.11 Å². The van der Waals surface area contributed by atoms with Crippen molar-refractivity contribution in [2.75, 3.05) is 0 Å². The van der Waals surface area contributed by atoms with E-state index >= 15 is 0 Å². The molecule has 0 aromatic rings. The molecule has 0 aliphatic heterocycles. The highest BCUT2D eigenvalue weighted by atomic mass is 16.3. The van der Waals surface area contributed by atoms with E-state index in [0.717, 1.165) is 18.3 Å². The van der Waals surface area contributed by atoms with Crippen molar-refractivity contribution in [1.29, 1.82) is 0 Å². The van der Waals surface area contributed by atoms with E-state index in [2.05, 4.69) is 27.7 Å². The molecule has 0 aromatic heterocycles. The maximum atomic E-state index is 10.8. The molecule has 16 heavy (non-hydrogen) atoms. The molecule has 1 heteroatoms. The summed E-state index contributed by atoms with van der Waals surface area (Å²) >= 11 is 0. The molecule has 1 spiro atoms. The minimum Gasteiger partial charge on any atom is -0.390 e. The Hall–Kier alpha value is -0.0400. The van der Waals surface area contributed by atoms with Crippen LogP contribution in [0.5, 0.6) is 0 Å². The summed E-state index contributed by atoms with van der Waals surface area (Å²) in [6.45, 7) is 9.36. The minimum atomic E-state index is -0.406. The second kappa shape index (κ2) is 2.85. The molecule has 2 bridgehead atoms. The molecule has 0 amide bonds. The molecule has 0 aromatic carbocycles. The number of fused-ring (bicyclic) bond motifs is 2. The number of hydrogen-bond acceptors (Lipinski definition) is 1. The lowest BCUT2D eigenvalue weighted by Crippen LogP contribution is -2.63. The maximum absolute atomic E-state index is 10.8. The van der Waals surface area contributed by atoms with E-state index in [0.29, 0.717) is 16.7 Å². The molecular weight excluding hydrogens is 196 g/mol. The van der Waals surface area contributed by atoms with Crippen molar-refractivity contribution in [2.24, 2.45) is 28.6 Å². The largest absolute Gasteiger partial charge is 0.390 e. The van der Waals surface area contributed by atoms with Crippen LogP contribution in [0.25, 0.3) is 0 Å². The van der Waals surface area contributed by atoms with Gasteiger partial charge in [-0.25, -0.2) is 0 Å². The molecule has 5 atom stereocenters. The molecule has 0 saturated heterocycles. The first kappa shape index (κ1) is 11.1. The second-order valence-electron chi connectivity index (χ2n) is 7.71. The van der Waals surface area contributed by atoms with Gasteiger partial charge in [-0.15, -0.1) is 0 Å². The van der Waals surface area contributed by atoms with Crippen LogP contribution in [0.2, 0.25) is 0 Å². The highest BCUT2D eigenvalue weighted by molar-refractivity contribution is 5.16. The fourth-order valence-electron chi connectivity index (χ4n) is 6.18. The van der Waals surface area contributed by atoms with Gasteiger partial charge in [0.1, 0.15) is 0 Å². The van der Waals surface area contributed by atoms with E-state index in [1.165, 1.54) is 25.7 Å². The van der Waals surface area contributed by atoms with Crippen LogP contribution in [-0.4, -0.2) is 10.7 Å². The Balaban J connectivity index is 2.10. The van der Waals surface area contributed by atoms with Gasteiger partial charge in [-0.1, -0.05) is 20.8 Å². The predicted molar refractivity (Wildman–Crippen MR) is 66.1 cm³/mol. The Morgan fingerprint density at radius 2 is 1.69 bits per heavy atom. The van der Waals surface area contributed by atoms with Crippen LogP contribution < -0.4 is 0 Å². The van der Waals surface area contributed by atoms with Crippen LogP contribution in [0, 0.1) is 28.6 Å². The van der Waals surface area contributed by atoms with E-state index in [4.69, 9.17) is 0 Å². The topological polar surface area (TPSA) is 20.2 Å². The van der Waals surface area contributed by atoms with E-state index in [1.807, 2.05) is 0 Å². The summed E-state index contributed by atoms with van der Waals surface area (Å²) in [5, 5.41) is 10.8. The third-order valence-corrected chi connectivity index (χ3v) is 6.70. The lowest BCUT2D eigenvalue weighted by Gasteiger charge is -2.65. The fourth-order valence-corrected chi connectivity index (χ4v) is 6.18. The summed E-state index contributed by atoms with van der Waals surface area (Å²) in [7, 11) is 0. The Labute approximate surface area is 99.6 Å². The molecule has 1 N–H and O–H groups in total. The molecule has 1 nitrogen and oxygen atoms in total. The van der Waals surface area contributed by atoms with Crippen molar-refractivity contribution >= 4 is 0 Å². The highest BCUT2D eigenvalue weighted by Crippen LogP contribution is 2.72. The third-order valence-electron chi connectivity index (χ3n) is 6.70. The lowest BCUT2D eigenvalue weighted by atomic mass is 9.41. The van der Waals surface area contributed by atoms with E-state index < -0.39 is 5.60 Å². The van der Waals surface area contributed by atoms with Gasteiger partial charge in [0.05, 0.1) is 5.60 Å².